The van der Waals surface area contributed by atoms with Crippen molar-refractivity contribution < 1.29 is 0 Å². The molecule has 0 aliphatic carbocycles. The molecule has 0 amide bonds. The van der Waals surface area contributed by atoms with Crippen molar-refractivity contribution in [3.63, 3.8) is 0 Å². The molecule has 1 atom stereocenters. The number of hydrogen-bond acceptors (Lipinski definition) is 3. The van der Waals surface area contributed by atoms with Gasteiger partial charge in [-0.05, 0) is 31.5 Å². The minimum absolute atomic E-state index is 0.0632. The maximum atomic E-state index is 12.8. The van der Waals surface area contributed by atoms with Gasteiger partial charge in [0, 0.05) is 32.6 Å². The van der Waals surface area contributed by atoms with Crippen LogP contribution in [0.3, 0.4) is 0 Å². The quantitative estimate of drug-likeness (QED) is 0.767. The fraction of sp³-hybridized carbons (Fsp3) is 0.500. The number of aryl methyl sites for hydroxylation is 1. The van der Waals surface area contributed by atoms with Crippen LogP contribution >= 0.6 is 0 Å². The van der Waals surface area contributed by atoms with Gasteiger partial charge in [0.15, 0.2) is 0 Å². The minimum atomic E-state index is 0.0632. The first-order valence-electron chi connectivity index (χ1n) is 8.38. The second-order valence-electron chi connectivity index (χ2n) is 6.51. The number of rotatable bonds is 1. The number of fused-ring (bicyclic) bond motifs is 1. The van der Waals surface area contributed by atoms with Gasteiger partial charge < -0.3 is 10.6 Å². The molecule has 1 aromatic carbocycles. The monoisotopic (exact) mass is 310 g/mol. The molecule has 1 unspecified atom stereocenters. The number of nitrogens with one attached hydrogen (secondary N) is 2. The largest absolute Gasteiger partial charge is 0.329 e. The summed E-state index contributed by atoms with van der Waals surface area (Å²) in [5.41, 5.74) is 2.98. The van der Waals surface area contributed by atoms with Crippen molar-refractivity contribution in [2.75, 3.05) is 26.2 Å². The van der Waals surface area contributed by atoms with Gasteiger partial charge in [0.05, 0.1) is 22.6 Å². The van der Waals surface area contributed by atoms with Crippen LogP contribution in [0, 0.1) is 17.8 Å². The van der Waals surface area contributed by atoms with Gasteiger partial charge in [-0.1, -0.05) is 17.9 Å². The Labute approximate surface area is 135 Å². The van der Waals surface area contributed by atoms with Crippen LogP contribution in [0.5, 0.6) is 0 Å². The molecular formula is C18H22N4O. The molecule has 0 saturated carbocycles. The second-order valence-corrected chi connectivity index (χ2v) is 6.51. The molecule has 23 heavy (non-hydrogen) atoms. The van der Waals surface area contributed by atoms with Crippen molar-refractivity contribution >= 4 is 11.0 Å². The fourth-order valence-electron chi connectivity index (χ4n) is 3.52. The first-order chi connectivity index (χ1) is 11.3. The van der Waals surface area contributed by atoms with E-state index in [4.69, 9.17) is 0 Å². The van der Waals surface area contributed by atoms with Crippen LogP contribution in [0.25, 0.3) is 11.0 Å². The van der Waals surface area contributed by atoms with Crippen LogP contribution < -0.4 is 16.3 Å². The van der Waals surface area contributed by atoms with Crippen LogP contribution in [-0.2, 0) is 7.05 Å². The van der Waals surface area contributed by atoms with Crippen LogP contribution in [-0.4, -0.2) is 35.3 Å². The van der Waals surface area contributed by atoms with Crippen molar-refractivity contribution in [3.05, 3.63) is 34.2 Å². The van der Waals surface area contributed by atoms with E-state index in [-0.39, 0.29) is 11.7 Å². The lowest BCUT2D eigenvalue weighted by atomic mass is 10.0. The molecule has 5 nitrogen and oxygen atoms in total. The molecule has 2 saturated heterocycles. The number of imidazole rings is 1. The molecule has 3 heterocycles. The van der Waals surface area contributed by atoms with Gasteiger partial charge in [-0.3, -0.25) is 9.13 Å². The van der Waals surface area contributed by atoms with E-state index in [1.165, 1.54) is 0 Å². The Bertz CT molecular complexity index is 841. The molecule has 120 valence electrons. The molecule has 2 aliphatic heterocycles. The van der Waals surface area contributed by atoms with E-state index in [9.17, 15) is 4.79 Å². The molecule has 0 bridgehead atoms. The third-order valence-corrected chi connectivity index (χ3v) is 4.93. The average Bonchev–Trinajstić information content (AvgIpc) is 2.79. The molecule has 1 aromatic heterocycles. The first-order valence-corrected chi connectivity index (χ1v) is 8.38. The summed E-state index contributed by atoms with van der Waals surface area (Å²) in [6.07, 6.45) is 2.16. The lowest BCUT2D eigenvalue weighted by molar-refractivity contribution is 0.369. The molecule has 5 heteroatoms. The standard InChI is InChI=1S/C18H22N4O/c1-21-17-14(8-7-13-10-20-11-13)4-2-6-16(17)22(18(21)23)15-5-3-9-19-12-15/h2,4,6,13,15,19-20H,3,5,9-12H2,1H3. The molecule has 2 fully saturated rings. The average molecular weight is 310 g/mol. The van der Waals surface area contributed by atoms with Crippen molar-refractivity contribution in [2.45, 2.75) is 18.9 Å². The van der Waals surface area contributed by atoms with Gasteiger partial charge in [0.2, 0.25) is 0 Å². The summed E-state index contributed by atoms with van der Waals surface area (Å²) in [7, 11) is 1.85. The summed E-state index contributed by atoms with van der Waals surface area (Å²) in [4.78, 5) is 12.8. The Morgan fingerprint density at radius 1 is 1.22 bits per heavy atom. The summed E-state index contributed by atoms with van der Waals surface area (Å²) >= 11 is 0. The van der Waals surface area contributed by atoms with Gasteiger partial charge in [-0.15, -0.1) is 0 Å². The maximum absolute atomic E-state index is 12.8. The first kappa shape index (κ1) is 14.6. The highest BCUT2D eigenvalue weighted by molar-refractivity contribution is 5.83. The van der Waals surface area contributed by atoms with Crippen LogP contribution in [0.1, 0.15) is 24.4 Å². The summed E-state index contributed by atoms with van der Waals surface area (Å²) in [5, 5.41) is 6.63. The third-order valence-electron chi connectivity index (χ3n) is 4.93. The SMILES string of the molecule is Cn1c(=O)n(C2CCCNC2)c2cccc(C#CC3CNC3)c21. The third kappa shape index (κ3) is 2.48. The highest BCUT2D eigenvalue weighted by atomic mass is 16.1. The maximum Gasteiger partial charge on any atom is 0.329 e. The van der Waals surface area contributed by atoms with Gasteiger partial charge in [-0.2, -0.15) is 0 Å². The number of para-hydroxylation sites is 1. The number of benzene rings is 1. The number of nitrogens with zero attached hydrogens (tertiary/aromatic N) is 2. The van der Waals surface area contributed by atoms with E-state index in [1.54, 1.807) is 4.57 Å². The van der Waals surface area contributed by atoms with Gasteiger partial charge in [-0.25, -0.2) is 4.79 Å². The predicted octanol–water partition coefficient (Wildman–Crippen LogP) is 0.835. The van der Waals surface area contributed by atoms with Gasteiger partial charge in [0.25, 0.3) is 0 Å². The summed E-state index contributed by atoms with van der Waals surface area (Å²) < 4.78 is 3.71. The van der Waals surface area contributed by atoms with Crippen molar-refractivity contribution in [3.8, 4) is 11.8 Å². The Hall–Kier alpha value is -2.03. The van der Waals surface area contributed by atoms with Crippen molar-refractivity contribution in [1.82, 2.24) is 19.8 Å². The van der Waals surface area contributed by atoms with E-state index in [2.05, 4.69) is 22.5 Å². The van der Waals surface area contributed by atoms with Gasteiger partial charge >= 0.3 is 5.69 Å². The molecule has 0 spiro atoms. The Morgan fingerprint density at radius 3 is 2.78 bits per heavy atom. The fourth-order valence-corrected chi connectivity index (χ4v) is 3.52. The minimum Gasteiger partial charge on any atom is -0.315 e. The summed E-state index contributed by atoms with van der Waals surface area (Å²) in [6.45, 7) is 3.85. The molecule has 4 rings (SSSR count). The normalized spacial score (nSPS) is 21.7. The Kier molecular flexibility index (Phi) is 3.72. The zero-order chi connectivity index (χ0) is 15.8. The molecule has 2 N–H and O–H groups in total. The Balaban J connectivity index is 1.83. The van der Waals surface area contributed by atoms with Crippen LogP contribution in [0.4, 0.5) is 0 Å². The van der Waals surface area contributed by atoms with E-state index in [1.807, 2.05) is 29.8 Å². The van der Waals surface area contributed by atoms with E-state index in [0.717, 1.165) is 55.6 Å². The van der Waals surface area contributed by atoms with Crippen molar-refractivity contribution in [1.29, 1.82) is 0 Å². The second kappa shape index (κ2) is 5.88. The highest BCUT2D eigenvalue weighted by Crippen LogP contribution is 2.23. The summed E-state index contributed by atoms with van der Waals surface area (Å²) in [6, 6.07) is 6.31. The van der Waals surface area contributed by atoms with Gasteiger partial charge in [0.1, 0.15) is 0 Å². The topological polar surface area (TPSA) is 51.0 Å². The zero-order valence-electron chi connectivity index (χ0n) is 13.4. The summed E-state index contributed by atoms with van der Waals surface area (Å²) in [5.74, 6) is 7.05. The van der Waals surface area contributed by atoms with Crippen molar-refractivity contribution in [2.24, 2.45) is 13.0 Å². The Morgan fingerprint density at radius 2 is 2.09 bits per heavy atom. The number of piperidine rings is 1. The lowest BCUT2D eigenvalue weighted by Crippen LogP contribution is -2.40. The lowest BCUT2D eigenvalue weighted by Gasteiger charge is -2.24. The zero-order valence-corrected chi connectivity index (χ0v) is 13.4. The molecule has 0 radical (unpaired) electrons. The molecular weight excluding hydrogens is 288 g/mol. The van der Waals surface area contributed by atoms with E-state index >= 15 is 0 Å². The smallest absolute Gasteiger partial charge is 0.315 e. The predicted molar refractivity (Wildman–Crippen MR) is 91.6 cm³/mol. The molecule has 2 aliphatic rings. The van der Waals surface area contributed by atoms with E-state index < -0.39 is 0 Å². The van der Waals surface area contributed by atoms with Crippen LogP contribution in [0.2, 0.25) is 0 Å². The molecule has 2 aromatic rings. The highest BCUT2D eigenvalue weighted by Gasteiger charge is 2.22. The van der Waals surface area contributed by atoms with E-state index in [0.29, 0.717) is 5.92 Å². The number of aromatic nitrogens is 2. The number of hydrogen-bond donors (Lipinski definition) is 2. The van der Waals surface area contributed by atoms with Crippen LogP contribution in [0.15, 0.2) is 23.0 Å².